The number of nitrogens with zero attached hydrogens (tertiary/aromatic N) is 1. The highest BCUT2D eigenvalue weighted by Gasteiger charge is 2.20. The van der Waals surface area contributed by atoms with Crippen LogP contribution in [0.4, 0.5) is 0 Å². The lowest BCUT2D eigenvalue weighted by molar-refractivity contribution is 0.196. The average molecular weight is 225 g/mol. The Morgan fingerprint density at radius 1 is 1.25 bits per heavy atom. The molecule has 0 aromatic heterocycles. The Morgan fingerprint density at radius 2 is 2.06 bits per heavy atom. The molecule has 3 heteroatoms. The van der Waals surface area contributed by atoms with Crippen molar-refractivity contribution in [2.45, 2.75) is 51.1 Å². The van der Waals surface area contributed by atoms with Crippen molar-refractivity contribution in [3.05, 3.63) is 0 Å². The Balaban J connectivity index is 1.57. The molecular weight excluding hydrogens is 198 g/mol. The van der Waals surface area contributed by atoms with Crippen LogP contribution in [0.1, 0.15) is 39.0 Å². The molecule has 0 saturated carbocycles. The second-order valence-electron chi connectivity index (χ2n) is 5.32. The average Bonchev–Trinajstić information content (AvgIpc) is 2.82. The Morgan fingerprint density at radius 3 is 2.69 bits per heavy atom. The molecule has 2 aliphatic heterocycles. The molecular formula is C13H27N3. The van der Waals surface area contributed by atoms with Crippen LogP contribution in [0.3, 0.4) is 0 Å². The largest absolute Gasteiger partial charge is 0.313 e. The summed E-state index contributed by atoms with van der Waals surface area (Å²) in [6, 6.07) is 1.52. The minimum atomic E-state index is 0.744. The number of hydrogen-bond donors (Lipinski definition) is 2. The highest BCUT2D eigenvalue weighted by Crippen LogP contribution is 2.11. The van der Waals surface area contributed by atoms with E-state index in [0.717, 1.165) is 12.1 Å². The normalized spacial score (nSPS) is 28.7. The van der Waals surface area contributed by atoms with Gasteiger partial charge in [0.05, 0.1) is 0 Å². The van der Waals surface area contributed by atoms with Crippen molar-refractivity contribution < 1.29 is 0 Å². The van der Waals surface area contributed by atoms with Crippen LogP contribution in [0.25, 0.3) is 0 Å². The molecule has 2 fully saturated rings. The molecule has 0 radical (unpaired) electrons. The van der Waals surface area contributed by atoms with Crippen molar-refractivity contribution >= 4 is 0 Å². The Labute approximate surface area is 100.0 Å². The summed E-state index contributed by atoms with van der Waals surface area (Å²) in [5.41, 5.74) is 0. The summed E-state index contributed by atoms with van der Waals surface area (Å²) in [5, 5.41) is 7.29. The monoisotopic (exact) mass is 225 g/mol. The summed E-state index contributed by atoms with van der Waals surface area (Å²) >= 11 is 0. The third kappa shape index (κ3) is 3.72. The molecule has 0 aromatic carbocycles. The van der Waals surface area contributed by atoms with E-state index in [1.165, 1.54) is 64.8 Å². The number of likely N-dealkylation sites (tertiary alicyclic amines) is 1. The van der Waals surface area contributed by atoms with Crippen LogP contribution in [0, 0.1) is 0 Å². The van der Waals surface area contributed by atoms with Crippen LogP contribution in [-0.4, -0.2) is 49.7 Å². The third-order valence-corrected chi connectivity index (χ3v) is 3.94. The molecule has 16 heavy (non-hydrogen) atoms. The summed E-state index contributed by atoms with van der Waals surface area (Å²) in [7, 11) is 0. The first kappa shape index (κ1) is 12.3. The Hall–Kier alpha value is -0.120. The zero-order chi connectivity index (χ0) is 11.2. The van der Waals surface area contributed by atoms with E-state index >= 15 is 0 Å². The van der Waals surface area contributed by atoms with Gasteiger partial charge in [0.25, 0.3) is 0 Å². The van der Waals surface area contributed by atoms with Gasteiger partial charge in [0.1, 0.15) is 0 Å². The summed E-state index contributed by atoms with van der Waals surface area (Å²) in [6.07, 6.45) is 6.70. The molecule has 1 unspecified atom stereocenters. The lowest BCUT2D eigenvalue weighted by atomic mass is 10.0. The highest BCUT2D eigenvalue weighted by atomic mass is 15.1. The third-order valence-electron chi connectivity index (χ3n) is 3.94. The van der Waals surface area contributed by atoms with Gasteiger partial charge in [0.2, 0.25) is 0 Å². The highest BCUT2D eigenvalue weighted by molar-refractivity contribution is 4.81. The van der Waals surface area contributed by atoms with Crippen molar-refractivity contribution in [1.82, 2.24) is 15.5 Å². The van der Waals surface area contributed by atoms with Crippen LogP contribution >= 0.6 is 0 Å². The predicted octanol–water partition coefficient (Wildman–Crippen LogP) is 1.20. The minimum Gasteiger partial charge on any atom is -0.313 e. The van der Waals surface area contributed by atoms with Crippen molar-refractivity contribution in [2.24, 2.45) is 0 Å². The van der Waals surface area contributed by atoms with Gasteiger partial charge in [-0.1, -0.05) is 6.92 Å². The quantitative estimate of drug-likeness (QED) is 0.736. The fourth-order valence-electron chi connectivity index (χ4n) is 2.92. The second-order valence-corrected chi connectivity index (χ2v) is 5.32. The Bertz CT molecular complexity index is 182. The molecule has 2 rings (SSSR count). The number of rotatable bonds is 5. The van der Waals surface area contributed by atoms with E-state index in [2.05, 4.69) is 22.5 Å². The van der Waals surface area contributed by atoms with Crippen molar-refractivity contribution in [3.8, 4) is 0 Å². The molecule has 0 aliphatic carbocycles. The number of hydrogen-bond acceptors (Lipinski definition) is 3. The van der Waals surface area contributed by atoms with Crippen molar-refractivity contribution in [2.75, 3.05) is 32.7 Å². The van der Waals surface area contributed by atoms with E-state index < -0.39 is 0 Å². The van der Waals surface area contributed by atoms with Gasteiger partial charge in [0, 0.05) is 18.6 Å². The molecule has 2 saturated heterocycles. The summed E-state index contributed by atoms with van der Waals surface area (Å²) < 4.78 is 0. The van der Waals surface area contributed by atoms with E-state index in [0.29, 0.717) is 0 Å². The second kappa shape index (κ2) is 6.58. The molecule has 3 nitrogen and oxygen atoms in total. The smallest absolute Gasteiger partial charge is 0.0193 e. The number of nitrogens with one attached hydrogen (secondary N) is 2. The zero-order valence-corrected chi connectivity index (χ0v) is 10.7. The molecule has 0 amide bonds. The first-order chi connectivity index (χ1) is 7.88. The maximum Gasteiger partial charge on any atom is 0.0193 e. The standard InChI is InChI=1S/C13H27N3/c1-2-8-16-9-5-12(6-10-16)15-11-13-4-3-7-14-13/h12-15H,2-11H2,1H3. The minimum absolute atomic E-state index is 0.744. The van der Waals surface area contributed by atoms with Gasteiger partial charge in [-0.05, 0) is 58.3 Å². The summed E-state index contributed by atoms with van der Waals surface area (Å²) in [5.74, 6) is 0. The van der Waals surface area contributed by atoms with Gasteiger partial charge >= 0.3 is 0 Å². The summed E-state index contributed by atoms with van der Waals surface area (Å²) in [4.78, 5) is 2.60. The molecule has 2 aliphatic rings. The molecule has 1 atom stereocenters. The fraction of sp³-hybridized carbons (Fsp3) is 1.00. The van der Waals surface area contributed by atoms with Crippen molar-refractivity contribution in [1.29, 1.82) is 0 Å². The lowest BCUT2D eigenvalue weighted by Crippen LogP contribution is -2.46. The van der Waals surface area contributed by atoms with Gasteiger partial charge in [-0.2, -0.15) is 0 Å². The SMILES string of the molecule is CCCN1CCC(NCC2CCCN2)CC1. The predicted molar refractivity (Wildman–Crippen MR) is 68.8 cm³/mol. The molecule has 0 spiro atoms. The molecule has 2 N–H and O–H groups in total. The van der Waals surface area contributed by atoms with Crippen LogP contribution < -0.4 is 10.6 Å². The maximum absolute atomic E-state index is 3.74. The first-order valence-electron chi connectivity index (χ1n) is 7.07. The maximum atomic E-state index is 3.74. The molecule has 0 aromatic rings. The molecule has 2 heterocycles. The van der Waals surface area contributed by atoms with Crippen LogP contribution in [0.2, 0.25) is 0 Å². The van der Waals surface area contributed by atoms with E-state index in [1.807, 2.05) is 0 Å². The van der Waals surface area contributed by atoms with Crippen LogP contribution in [-0.2, 0) is 0 Å². The summed E-state index contributed by atoms with van der Waals surface area (Å²) in [6.45, 7) is 8.56. The van der Waals surface area contributed by atoms with E-state index in [9.17, 15) is 0 Å². The zero-order valence-electron chi connectivity index (χ0n) is 10.7. The Kier molecular flexibility index (Phi) is 5.07. The number of piperidine rings is 1. The lowest BCUT2D eigenvalue weighted by Gasteiger charge is -2.32. The van der Waals surface area contributed by atoms with Crippen molar-refractivity contribution in [3.63, 3.8) is 0 Å². The molecule has 0 bridgehead atoms. The fourth-order valence-corrected chi connectivity index (χ4v) is 2.92. The van der Waals surface area contributed by atoms with Gasteiger partial charge in [-0.3, -0.25) is 0 Å². The van der Waals surface area contributed by atoms with Crippen LogP contribution in [0.5, 0.6) is 0 Å². The first-order valence-corrected chi connectivity index (χ1v) is 7.07. The van der Waals surface area contributed by atoms with Gasteiger partial charge < -0.3 is 15.5 Å². The van der Waals surface area contributed by atoms with E-state index in [-0.39, 0.29) is 0 Å². The van der Waals surface area contributed by atoms with Gasteiger partial charge in [-0.25, -0.2) is 0 Å². The van der Waals surface area contributed by atoms with Gasteiger partial charge in [0.15, 0.2) is 0 Å². The molecule has 94 valence electrons. The van der Waals surface area contributed by atoms with Gasteiger partial charge in [-0.15, -0.1) is 0 Å². The topological polar surface area (TPSA) is 27.3 Å². The van der Waals surface area contributed by atoms with Crippen LogP contribution in [0.15, 0.2) is 0 Å². The van der Waals surface area contributed by atoms with E-state index in [4.69, 9.17) is 0 Å². The van der Waals surface area contributed by atoms with E-state index in [1.54, 1.807) is 0 Å².